The third kappa shape index (κ3) is 3.71. The highest BCUT2D eigenvalue weighted by molar-refractivity contribution is 6.34. The van der Waals surface area contributed by atoms with E-state index < -0.39 is 0 Å². The SMILES string of the molecule is Cc1nn(C)c(C(=O)NCCCN(C)C)c1Cl. The first-order valence-corrected chi connectivity index (χ1v) is 5.93. The molecule has 0 aliphatic rings. The van der Waals surface area contributed by atoms with E-state index >= 15 is 0 Å². The van der Waals surface area contributed by atoms with Crippen LogP contribution < -0.4 is 5.32 Å². The van der Waals surface area contributed by atoms with Crippen molar-refractivity contribution in [3.05, 3.63) is 16.4 Å². The zero-order chi connectivity index (χ0) is 13.0. The number of amides is 1. The van der Waals surface area contributed by atoms with Gasteiger partial charge in [-0.1, -0.05) is 11.6 Å². The number of hydrogen-bond donors (Lipinski definition) is 1. The summed E-state index contributed by atoms with van der Waals surface area (Å²) in [6.07, 6.45) is 0.910. The first-order chi connectivity index (χ1) is 7.93. The Balaban J connectivity index is 2.53. The molecule has 17 heavy (non-hydrogen) atoms. The first-order valence-electron chi connectivity index (χ1n) is 5.55. The van der Waals surface area contributed by atoms with E-state index in [9.17, 15) is 4.79 Å². The minimum Gasteiger partial charge on any atom is -0.351 e. The van der Waals surface area contributed by atoms with Crippen LogP contribution in [0.1, 0.15) is 22.6 Å². The van der Waals surface area contributed by atoms with E-state index in [0.29, 0.717) is 23.0 Å². The zero-order valence-electron chi connectivity index (χ0n) is 10.7. The molecule has 0 unspecified atom stereocenters. The fourth-order valence-electron chi connectivity index (χ4n) is 1.56. The average Bonchev–Trinajstić information content (AvgIpc) is 2.48. The smallest absolute Gasteiger partial charge is 0.271 e. The van der Waals surface area contributed by atoms with Crippen molar-refractivity contribution in [2.24, 2.45) is 7.05 Å². The van der Waals surface area contributed by atoms with Gasteiger partial charge in [-0.2, -0.15) is 5.10 Å². The summed E-state index contributed by atoms with van der Waals surface area (Å²) >= 11 is 6.02. The van der Waals surface area contributed by atoms with Crippen LogP contribution in [0.4, 0.5) is 0 Å². The summed E-state index contributed by atoms with van der Waals surface area (Å²) in [5.41, 5.74) is 1.10. The van der Waals surface area contributed by atoms with Gasteiger partial charge < -0.3 is 10.2 Å². The van der Waals surface area contributed by atoms with Gasteiger partial charge in [0, 0.05) is 13.6 Å². The van der Waals surface area contributed by atoms with E-state index in [1.165, 1.54) is 4.68 Å². The molecule has 1 rings (SSSR count). The molecule has 0 saturated heterocycles. The molecule has 1 N–H and O–H groups in total. The fraction of sp³-hybridized carbons (Fsp3) is 0.636. The summed E-state index contributed by atoms with van der Waals surface area (Å²) in [5, 5.41) is 7.37. The minimum absolute atomic E-state index is 0.170. The number of carbonyl (C=O) groups is 1. The van der Waals surface area contributed by atoms with Gasteiger partial charge >= 0.3 is 0 Å². The van der Waals surface area contributed by atoms with Crippen LogP contribution >= 0.6 is 11.6 Å². The second kappa shape index (κ2) is 6.02. The molecule has 0 aromatic carbocycles. The summed E-state index contributed by atoms with van der Waals surface area (Å²) in [7, 11) is 5.72. The Hall–Kier alpha value is -1.07. The molecule has 0 fully saturated rings. The van der Waals surface area contributed by atoms with Crippen molar-refractivity contribution >= 4 is 17.5 Å². The van der Waals surface area contributed by atoms with Crippen molar-refractivity contribution in [1.82, 2.24) is 20.0 Å². The molecule has 6 heteroatoms. The maximum atomic E-state index is 11.9. The van der Waals surface area contributed by atoms with Crippen LogP contribution in [0.5, 0.6) is 0 Å². The highest BCUT2D eigenvalue weighted by atomic mass is 35.5. The lowest BCUT2D eigenvalue weighted by Gasteiger charge is -2.10. The van der Waals surface area contributed by atoms with E-state index in [2.05, 4.69) is 15.3 Å². The second-order valence-electron chi connectivity index (χ2n) is 4.28. The minimum atomic E-state index is -0.170. The topological polar surface area (TPSA) is 50.2 Å². The molecule has 5 nitrogen and oxygen atoms in total. The number of rotatable bonds is 5. The Morgan fingerprint density at radius 3 is 2.65 bits per heavy atom. The largest absolute Gasteiger partial charge is 0.351 e. The van der Waals surface area contributed by atoms with Gasteiger partial charge in [0.15, 0.2) is 0 Å². The molecular weight excluding hydrogens is 240 g/mol. The van der Waals surface area contributed by atoms with Gasteiger partial charge in [-0.15, -0.1) is 0 Å². The Kier molecular flexibility index (Phi) is 4.96. The molecule has 1 heterocycles. The predicted molar refractivity (Wildman–Crippen MR) is 68.5 cm³/mol. The quantitative estimate of drug-likeness (QED) is 0.804. The Morgan fingerprint density at radius 2 is 2.18 bits per heavy atom. The molecule has 1 aromatic heterocycles. The van der Waals surface area contributed by atoms with E-state index in [4.69, 9.17) is 11.6 Å². The van der Waals surface area contributed by atoms with Crippen LogP contribution in [0, 0.1) is 6.92 Å². The van der Waals surface area contributed by atoms with Crippen LogP contribution in [-0.2, 0) is 7.05 Å². The van der Waals surface area contributed by atoms with Gasteiger partial charge in [0.25, 0.3) is 5.91 Å². The average molecular weight is 259 g/mol. The molecule has 1 amide bonds. The number of aryl methyl sites for hydroxylation is 2. The molecule has 0 bridgehead atoms. The summed E-state index contributed by atoms with van der Waals surface area (Å²) < 4.78 is 1.51. The van der Waals surface area contributed by atoms with Crippen molar-refractivity contribution in [3.63, 3.8) is 0 Å². The van der Waals surface area contributed by atoms with Gasteiger partial charge in [0.05, 0.1) is 10.7 Å². The Morgan fingerprint density at radius 1 is 1.53 bits per heavy atom. The molecule has 0 saturated carbocycles. The molecule has 1 aromatic rings. The van der Waals surface area contributed by atoms with Gasteiger partial charge in [0.2, 0.25) is 0 Å². The van der Waals surface area contributed by atoms with Crippen molar-refractivity contribution in [2.75, 3.05) is 27.2 Å². The number of halogens is 1. The maximum Gasteiger partial charge on any atom is 0.271 e. The summed E-state index contributed by atoms with van der Waals surface area (Å²) in [6.45, 7) is 3.36. The highest BCUT2D eigenvalue weighted by Gasteiger charge is 2.17. The van der Waals surface area contributed by atoms with Gasteiger partial charge in [0.1, 0.15) is 5.69 Å². The molecular formula is C11H19ClN4O. The lowest BCUT2D eigenvalue weighted by Crippen LogP contribution is -2.28. The summed E-state index contributed by atoms with van der Waals surface area (Å²) in [4.78, 5) is 14.0. The van der Waals surface area contributed by atoms with Crippen LogP contribution in [-0.4, -0.2) is 47.8 Å². The Labute approximate surface area is 107 Å². The number of nitrogens with zero attached hydrogens (tertiary/aromatic N) is 3. The van der Waals surface area contributed by atoms with E-state index in [-0.39, 0.29) is 5.91 Å². The van der Waals surface area contributed by atoms with E-state index in [1.54, 1.807) is 14.0 Å². The van der Waals surface area contributed by atoms with Crippen LogP contribution in [0.25, 0.3) is 0 Å². The molecule has 0 aliphatic carbocycles. The molecule has 0 radical (unpaired) electrons. The third-order valence-electron chi connectivity index (χ3n) is 2.43. The van der Waals surface area contributed by atoms with Gasteiger partial charge in [-0.25, -0.2) is 0 Å². The lowest BCUT2D eigenvalue weighted by atomic mass is 10.3. The van der Waals surface area contributed by atoms with Crippen molar-refractivity contribution in [1.29, 1.82) is 0 Å². The molecule has 0 atom stereocenters. The van der Waals surface area contributed by atoms with Crippen LogP contribution in [0.3, 0.4) is 0 Å². The van der Waals surface area contributed by atoms with E-state index in [0.717, 1.165) is 13.0 Å². The zero-order valence-corrected chi connectivity index (χ0v) is 11.5. The normalized spacial score (nSPS) is 10.9. The predicted octanol–water partition coefficient (Wildman–Crippen LogP) is 1.06. The molecule has 0 spiro atoms. The lowest BCUT2D eigenvalue weighted by molar-refractivity contribution is 0.0943. The summed E-state index contributed by atoms with van der Waals surface area (Å²) in [6, 6.07) is 0. The van der Waals surface area contributed by atoms with Crippen molar-refractivity contribution < 1.29 is 4.79 Å². The number of hydrogen-bond acceptors (Lipinski definition) is 3. The van der Waals surface area contributed by atoms with Crippen molar-refractivity contribution in [3.8, 4) is 0 Å². The van der Waals surface area contributed by atoms with Crippen LogP contribution in [0.15, 0.2) is 0 Å². The number of aromatic nitrogens is 2. The monoisotopic (exact) mass is 258 g/mol. The third-order valence-corrected chi connectivity index (χ3v) is 2.88. The first kappa shape index (κ1) is 14.0. The number of carbonyl (C=O) groups excluding carboxylic acids is 1. The standard InChI is InChI=1S/C11H19ClN4O/c1-8-9(12)10(16(4)14-8)11(17)13-6-5-7-15(2)3/h5-7H2,1-4H3,(H,13,17). The maximum absolute atomic E-state index is 11.9. The van der Waals surface area contributed by atoms with E-state index in [1.807, 2.05) is 14.1 Å². The van der Waals surface area contributed by atoms with Gasteiger partial charge in [-0.3, -0.25) is 9.48 Å². The fourth-order valence-corrected chi connectivity index (χ4v) is 1.81. The highest BCUT2D eigenvalue weighted by Crippen LogP contribution is 2.18. The molecule has 96 valence electrons. The van der Waals surface area contributed by atoms with Crippen LogP contribution in [0.2, 0.25) is 5.02 Å². The second-order valence-corrected chi connectivity index (χ2v) is 4.66. The Bertz CT molecular complexity index is 400. The summed E-state index contributed by atoms with van der Waals surface area (Å²) in [5.74, 6) is -0.170. The van der Waals surface area contributed by atoms with Crippen molar-refractivity contribution in [2.45, 2.75) is 13.3 Å². The number of nitrogens with one attached hydrogen (secondary N) is 1. The molecule has 0 aliphatic heterocycles. The van der Waals surface area contributed by atoms with Gasteiger partial charge in [-0.05, 0) is 34.0 Å².